The van der Waals surface area contributed by atoms with E-state index in [9.17, 15) is 0 Å². The molecule has 0 bridgehead atoms. The van der Waals surface area contributed by atoms with E-state index < -0.39 is 0 Å². The van der Waals surface area contributed by atoms with Gasteiger partial charge in [-0.2, -0.15) is 0 Å². The van der Waals surface area contributed by atoms with E-state index in [2.05, 4.69) is 217 Å². The third-order valence-corrected chi connectivity index (χ3v) is 11.0. The van der Waals surface area contributed by atoms with Crippen LogP contribution in [0, 0.1) is 15.9 Å². The molecule has 0 atom stereocenters. The van der Waals surface area contributed by atoms with Crippen LogP contribution in [0.15, 0.2) is 104 Å². The molecule has 6 heteroatoms. The molecule has 0 fully saturated rings. The molecule has 0 amide bonds. The van der Waals surface area contributed by atoms with Gasteiger partial charge in [0.25, 0.3) is 0 Å². The summed E-state index contributed by atoms with van der Waals surface area (Å²) in [7, 11) is 2.07. The third-order valence-electron chi connectivity index (χ3n) is 9.68. The van der Waals surface area contributed by atoms with Crippen LogP contribution in [0.25, 0.3) is 33.3 Å². The second-order valence-corrected chi connectivity index (χ2v) is 17.6. The number of nitrogens with zero attached hydrogens (tertiary/aromatic N) is 5. The Bertz CT molecular complexity index is 2440. The van der Waals surface area contributed by atoms with Crippen molar-refractivity contribution in [3.8, 4) is 11.5 Å². The Balaban J connectivity index is 1.58. The molecule has 0 aliphatic carbocycles. The molecule has 7 aromatic rings. The van der Waals surface area contributed by atoms with Gasteiger partial charge >= 0.3 is 259 Å². The molecule has 3 heterocycles. The Hall–Kier alpha value is -4.47. The van der Waals surface area contributed by atoms with Crippen LogP contribution in [0.1, 0.15) is 79.0 Å². The van der Waals surface area contributed by atoms with E-state index in [1.807, 2.05) is 6.20 Å². The van der Waals surface area contributed by atoms with E-state index in [1.54, 1.807) is 0 Å². The van der Waals surface area contributed by atoms with Gasteiger partial charge in [-0.05, 0) is 17.0 Å². The first-order chi connectivity index (χ1) is 24.0. The zero-order valence-corrected chi connectivity index (χ0v) is 33.6. The Morgan fingerprint density at radius 2 is 1.33 bits per heavy atom. The monoisotopic (exact) mass is 852 g/mol. The molecular formula is C45H47N5Pt-2. The average Bonchev–Trinajstić information content (AvgIpc) is 3.59. The second-order valence-electron chi connectivity index (χ2n) is 16.6. The summed E-state index contributed by atoms with van der Waals surface area (Å²) in [5.41, 5.74) is 9.65. The summed E-state index contributed by atoms with van der Waals surface area (Å²) in [5, 5.41) is 2.32. The summed E-state index contributed by atoms with van der Waals surface area (Å²) < 4.78 is 7.69. The molecule has 3 aromatic heterocycles. The Morgan fingerprint density at radius 1 is 0.667 bits per heavy atom. The zero-order chi connectivity index (χ0) is 36.5. The van der Waals surface area contributed by atoms with E-state index in [1.165, 1.54) is 27.8 Å². The van der Waals surface area contributed by atoms with E-state index >= 15 is 0 Å². The van der Waals surface area contributed by atoms with Crippen molar-refractivity contribution in [2.45, 2.75) is 78.6 Å². The van der Waals surface area contributed by atoms with Crippen molar-refractivity contribution in [2.75, 3.05) is 4.90 Å². The predicted octanol–water partition coefficient (Wildman–Crippen LogP) is 11.3. The summed E-state index contributed by atoms with van der Waals surface area (Å²) in [4.78, 5) is 7.34. The first kappa shape index (κ1) is 35.0. The molecule has 4 aromatic carbocycles. The number of hydrogen-bond acceptors (Lipinski definition) is 2. The standard InChI is InChI=1S/C45H47N5.Pt/c1-43(2,3)31-23-24-46-41(27-31)50-39-20-12-11-17-35(39)36-22-21-34(29-40(36)50)49(33-16-13-15-32(28-33)48-26-25-47(10)30-48)42-37(44(4,5)6)18-14-19-38(42)45(7,8)9;/h11-27H,1-10H3;/q-2;. The SMILES string of the molecule is Cn1ccn(-c2[c-]c(N(c3[c-]c4c(cc3)c3ccccc3n4-c3cc(C(C)(C)C)ccn3)c3c(C(C)(C)C)cccc3C(C)(C)C)ccc2)[c]1=[Pt]. The third kappa shape index (κ3) is 6.35. The molecule has 0 saturated carbocycles. The van der Waals surface area contributed by atoms with Gasteiger partial charge in [0.05, 0.1) is 0 Å². The van der Waals surface area contributed by atoms with Gasteiger partial charge in [0.1, 0.15) is 0 Å². The Labute approximate surface area is 313 Å². The summed E-state index contributed by atoms with van der Waals surface area (Å²) in [6.45, 7) is 20.6. The zero-order valence-electron chi connectivity index (χ0n) is 31.4. The molecule has 7 rings (SSSR count). The van der Waals surface area contributed by atoms with Crippen LogP contribution < -0.4 is 4.90 Å². The fourth-order valence-corrected chi connectivity index (χ4v) is 7.57. The molecule has 0 saturated heterocycles. The first-order valence-corrected chi connectivity index (χ1v) is 18.8. The number of imidazole rings is 1. The van der Waals surface area contributed by atoms with E-state index in [0.717, 1.165) is 43.1 Å². The molecule has 0 unspecified atom stereocenters. The van der Waals surface area contributed by atoms with Crippen LogP contribution in [-0.2, 0) is 42.6 Å². The van der Waals surface area contributed by atoms with Crippen molar-refractivity contribution in [3.05, 3.63) is 136 Å². The van der Waals surface area contributed by atoms with Gasteiger partial charge in [-0.25, -0.2) is 0 Å². The van der Waals surface area contributed by atoms with E-state index in [-0.39, 0.29) is 16.2 Å². The van der Waals surface area contributed by atoms with Crippen LogP contribution in [0.3, 0.4) is 0 Å². The van der Waals surface area contributed by atoms with Crippen molar-refractivity contribution in [1.29, 1.82) is 0 Å². The number of para-hydroxylation sites is 2. The minimum absolute atomic E-state index is 0.0163. The molecule has 264 valence electrons. The van der Waals surface area contributed by atoms with Gasteiger partial charge in [0.2, 0.25) is 0 Å². The summed E-state index contributed by atoms with van der Waals surface area (Å²) in [5.74, 6) is 0.891. The number of fused-ring (bicyclic) bond motifs is 3. The van der Waals surface area contributed by atoms with Gasteiger partial charge in [0, 0.05) is 6.20 Å². The van der Waals surface area contributed by atoms with Gasteiger partial charge in [-0.3, -0.25) is 0 Å². The Morgan fingerprint density at radius 3 is 1.98 bits per heavy atom. The number of anilines is 3. The number of hydrogen-bond donors (Lipinski definition) is 0. The summed E-state index contributed by atoms with van der Waals surface area (Å²) >= 11 is 2.38. The number of pyridine rings is 1. The molecule has 5 nitrogen and oxygen atoms in total. The van der Waals surface area contributed by atoms with Crippen LogP contribution in [0.5, 0.6) is 0 Å². The van der Waals surface area contributed by atoms with Gasteiger partial charge in [0.15, 0.2) is 0 Å². The number of aryl methyl sites for hydroxylation is 1. The van der Waals surface area contributed by atoms with E-state index in [4.69, 9.17) is 4.98 Å². The predicted molar refractivity (Wildman–Crippen MR) is 209 cm³/mol. The molecule has 0 N–H and O–H groups in total. The molecule has 51 heavy (non-hydrogen) atoms. The number of rotatable bonds is 5. The van der Waals surface area contributed by atoms with Crippen LogP contribution in [0.2, 0.25) is 0 Å². The minimum atomic E-state index is -0.133. The van der Waals surface area contributed by atoms with Gasteiger partial charge < -0.3 is 0 Å². The van der Waals surface area contributed by atoms with Crippen LogP contribution in [-0.4, -0.2) is 18.7 Å². The maximum atomic E-state index is 4.95. The van der Waals surface area contributed by atoms with Crippen LogP contribution in [0.4, 0.5) is 17.1 Å². The fraction of sp³-hybridized carbons (Fsp3) is 0.289. The van der Waals surface area contributed by atoms with Gasteiger partial charge in [-0.15, -0.1) is 0 Å². The molecule has 0 aliphatic rings. The molecular weight excluding hydrogens is 806 g/mol. The topological polar surface area (TPSA) is 30.9 Å². The molecule has 0 spiro atoms. The normalized spacial score (nSPS) is 12.6. The molecule has 0 radical (unpaired) electrons. The van der Waals surface area contributed by atoms with Gasteiger partial charge in [-0.1, -0.05) is 32.9 Å². The number of aromatic nitrogens is 4. The van der Waals surface area contributed by atoms with E-state index in [0.29, 0.717) is 0 Å². The fourth-order valence-electron chi connectivity index (χ4n) is 6.96. The van der Waals surface area contributed by atoms with Crippen molar-refractivity contribution in [2.24, 2.45) is 7.05 Å². The van der Waals surface area contributed by atoms with Crippen molar-refractivity contribution >= 4 is 38.9 Å². The van der Waals surface area contributed by atoms with Crippen LogP contribution >= 0.6 is 0 Å². The quantitative estimate of drug-likeness (QED) is 0.162. The Kier molecular flexibility index (Phi) is 8.66. The molecule has 0 aliphatic heterocycles. The summed E-state index contributed by atoms with van der Waals surface area (Å²) in [6.07, 6.45) is 6.11. The summed E-state index contributed by atoms with van der Waals surface area (Å²) in [6, 6.07) is 38.5. The number of benzene rings is 4. The van der Waals surface area contributed by atoms with Crippen molar-refractivity contribution in [1.82, 2.24) is 18.7 Å². The maximum absolute atomic E-state index is 4.95. The average molecular weight is 853 g/mol. The first-order valence-electron chi connectivity index (χ1n) is 17.6. The second kappa shape index (κ2) is 12.6. The van der Waals surface area contributed by atoms with Crippen molar-refractivity contribution in [3.63, 3.8) is 0 Å². The van der Waals surface area contributed by atoms with Crippen molar-refractivity contribution < 1.29 is 19.4 Å².